The highest BCUT2D eigenvalue weighted by Gasteiger charge is 2.24. The Bertz CT molecular complexity index is 345. The second-order valence-corrected chi connectivity index (χ2v) is 6.49. The molecule has 0 saturated heterocycles. The molecule has 0 bridgehead atoms. The average Bonchev–Trinajstić information content (AvgIpc) is 2.04. The van der Waals surface area contributed by atoms with Crippen molar-refractivity contribution in [2.75, 3.05) is 19.8 Å². The molecule has 0 aliphatic carbocycles. The Morgan fingerprint density at radius 2 is 1.62 bits per heavy atom. The second kappa shape index (κ2) is 4.36. The molecule has 6 nitrogen and oxygen atoms in total. The highest BCUT2D eigenvalue weighted by atomic mass is 32.2. The monoisotopic (exact) mass is 229 g/mol. The van der Waals surface area contributed by atoms with E-state index in [-0.39, 0.29) is 0 Å². The van der Waals surface area contributed by atoms with E-state index >= 15 is 0 Å². The summed E-state index contributed by atoms with van der Waals surface area (Å²) in [5.41, 5.74) is 0. The summed E-state index contributed by atoms with van der Waals surface area (Å²) in [4.78, 5) is 0. The topological polar surface area (TPSA) is 92.3 Å². The molecule has 0 aliphatic rings. The molecule has 0 saturated carbocycles. The van der Waals surface area contributed by atoms with E-state index in [1.807, 2.05) is 9.44 Å². The highest BCUT2D eigenvalue weighted by Crippen LogP contribution is 1.99. The van der Waals surface area contributed by atoms with E-state index < -0.39 is 31.0 Å². The van der Waals surface area contributed by atoms with Gasteiger partial charge in [-0.1, -0.05) is 0 Å². The minimum Gasteiger partial charge on any atom is -0.218 e. The van der Waals surface area contributed by atoms with E-state index in [2.05, 4.69) is 6.92 Å². The largest absolute Gasteiger partial charge is 0.218 e. The molecule has 13 heavy (non-hydrogen) atoms. The molecule has 1 unspecified atom stereocenters. The van der Waals surface area contributed by atoms with Crippen molar-refractivity contribution in [3.8, 4) is 0 Å². The molecule has 1 atom stereocenters. The van der Waals surface area contributed by atoms with Crippen LogP contribution in [0.5, 0.6) is 0 Å². The van der Waals surface area contributed by atoms with Crippen LogP contribution < -0.4 is 9.44 Å². The van der Waals surface area contributed by atoms with Crippen LogP contribution in [0.25, 0.3) is 0 Å². The number of rotatable bonds is 5. The zero-order valence-electron chi connectivity index (χ0n) is 7.44. The van der Waals surface area contributed by atoms with Gasteiger partial charge in [-0.05, 0) is 21.0 Å². The third-order valence-electron chi connectivity index (χ3n) is 1.44. The number of hydrogen-bond donors (Lipinski definition) is 2. The lowest BCUT2D eigenvalue weighted by Crippen LogP contribution is -2.37. The van der Waals surface area contributed by atoms with Gasteiger partial charge in [-0.3, -0.25) is 0 Å². The van der Waals surface area contributed by atoms with Crippen LogP contribution in [0.1, 0.15) is 0 Å². The van der Waals surface area contributed by atoms with Gasteiger partial charge in [-0.2, -0.15) is 0 Å². The minimum atomic E-state index is -3.62. The maximum atomic E-state index is 11.0. The Hall–Kier alpha value is -0.180. The Morgan fingerprint density at radius 1 is 1.15 bits per heavy atom. The van der Waals surface area contributed by atoms with Crippen molar-refractivity contribution < 1.29 is 16.8 Å². The van der Waals surface area contributed by atoms with Gasteiger partial charge in [-0.15, -0.1) is 0 Å². The molecule has 1 radical (unpaired) electrons. The van der Waals surface area contributed by atoms with E-state index in [1.54, 1.807) is 0 Å². The van der Waals surface area contributed by atoms with Crippen molar-refractivity contribution in [1.82, 2.24) is 9.44 Å². The Kier molecular flexibility index (Phi) is 4.30. The molecular weight excluding hydrogens is 216 g/mol. The number of hydrogen-bond acceptors (Lipinski definition) is 4. The Balaban J connectivity index is 4.60. The summed E-state index contributed by atoms with van der Waals surface area (Å²) in [5.74, 6) is -0.549. The summed E-state index contributed by atoms with van der Waals surface area (Å²) in [7, 11) is -4.74. The molecule has 0 aromatic heterocycles. The molecule has 0 aromatic rings. The third kappa shape index (κ3) is 4.03. The predicted molar refractivity (Wildman–Crippen MR) is 50.0 cm³/mol. The fraction of sp³-hybridized carbons (Fsp3) is 0.800. The molecule has 8 heteroatoms. The average molecular weight is 229 g/mol. The first kappa shape index (κ1) is 12.8. The van der Waals surface area contributed by atoms with Gasteiger partial charge < -0.3 is 0 Å². The van der Waals surface area contributed by atoms with Gasteiger partial charge in [0, 0.05) is 0 Å². The smallest absolute Gasteiger partial charge is 0.215 e. The van der Waals surface area contributed by atoms with Crippen molar-refractivity contribution in [3.63, 3.8) is 0 Å². The van der Waals surface area contributed by atoms with E-state index in [9.17, 15) is 16.8 Å². The van der Waals surface area contributed by atoms with Crippen LogP contribution in [0.3, 0.4) is 0 Å². The molecule has 79 valence electrons. The van der Waals surface area contributed by atoms with E-state index in [4.69, 9.17) is 0 Å². The number of sulfonamides is 2. The molecule has 0 heterocycles. The van der Waals surface area contributed by atoms with Gasteiger partial charge in [0.25, 0.3) is 0 Å². The summed E-state index contributed by atoms with van der Waals surface area (Å²) in [6.45, 7) is 3.24. The zero-order chi connectivity index (χ0) is 10.7. The minimum absolute atomic E-state index is 0.549. The lowest BCUT2D eigenvalue weighted by Gasteiger charge is -2.10. The molecule has 0 rings (SSSR count). The maximum Gasteiger partial charge on any atom is 0.215 e. The van der Waals surface area contributed by atoms with E-state index in [0.717, 1.165) is 0 Å². The zero-order valence-corrected chi connectivity index (χ0v) is 9.07. The fourth-order valence-corrected chi connectivity index (χ4v) is 2.83. The van der Waals surface area contributed by atoms with Gasteiger partial charge in [-0.25, -0.2) is 26.3 Å². The van der Waals surface area contributed by atoms with Crippen LogP contribution in [0.2, 0.25) is 0 Å². The van der Waals surface area contributed by atoms with Crippen molar-refractivity contribution in [2.24, 2.45) is 0 Å². The highest BCUT2D eigenvalue weighted by molar-refractivity contribution is 7.93. The third-order valence-corrected chi connectivity index (χ3v) is 4.73. The summed E-state index contributed by atoms with van der Waals surface area (Å²) < 4.78 is 47.9. The lowest BCUT2D eigenvalue weighted by atomic mass is 10.6. The first-order chi connectivity index (χ1) is 5.75. The normalized spacial score (nSPS) is 15.6. The molecule has 2 N–H and O–H groups in total. The summed E-state index contributed by atoms with van der Waals surface area (Å²) in [6, 6.07) is 0. The summed E-state index contributed by atoms with van der Waals surface area (Å²) >= 11 is 0. The van der Waals surface area contributed by atoms with Crippen LogP contribution in [0.4, 0.5) is 0 Å². The van der Waals surface area contributed by atoms with Gasteiger partial charge in [0.05, 0.1) is 11.0 Å². The van der Waals surface area contributed by atoms with Gasteiger partial charge in [0.15, 0.2) is 0 Å². The first-order valence-corrected chi connectivity index (χ1v) is 6.61. The molecule has 0 fully saturated rings. The maximum absolute atomic E-state index is 11.0. The standard InChI is InChI=1S/C5H13N2O4S2/c1-5(13(10,11)7-3)4-12(8,9)6-2/h5-7H,1,4H2,2-3H3. The van der Waals surface area contributed by atoms with E-state index in [0.29, 0.717) is 0 Å². The fourth-order valence-electron chi connectivity index (χ4n) is 0.584. The summed E-state index contributed by atoms with van der Waals surface area (Å²) in [6.07, 6.45) is 0. The van der Waals surface area contributed by atoms with Crippen LogP contribution in [-0.2, 0) is 20.0 Å². The Labute approximate surface area is 78.8 Å². The quantitative estimate of drug-likeness (QED) is 0.587. The molecule has 0 aromatic carbocycles. The predicted octanol–water partition coefficient (Wildman–Crippen LogP) is -1.71. The molecule has 0 aliphatic heterocycles. The van der Waals surface area contributed by atoms with Crippen LogP contribution in [0.15, 0.2) is 0 Å². The van der Waals surface area contributed by atoms with Gasteiger partial charge >= 0.3 is 0 Å². The summed E-state index contributed by atoms with van der Waals surface area (Å²) in [5, 5.41) is -1.21. The Morgan fingerprint density at radius 3 is 1.92 bits per heavy atom. The van der Waals surface area contributed by atoms with Crippen molar-refractivity contribution >= 4 is 20.0 Å². The van der Waals surface area contributed by atoms with Crippen molar-refractivity contribution in [3.05, 3.63) is 6.92 Å². The van der Waals surface area contributed by atoms with Gasteiger partial charge in [0.1, 0.15) is 0 Å². The second-order valence-electron chi connectivity index (χ2n) is 2.36. The number of nitrogens with one attached hydrogen (secondary N) is 2. The molecule has 0 amide bonds. The van der Waals surface area contributed by atoms with Crippen molar-refractivity contribution in [1.29, 1.82) is 0 Å². The van der Waals surface area contributed by atoms with Crippen LogP contribution in [-0.4, -0.2) is 41.9 Å². The van der Waals surface area contributed by atoms with Crippen LogP contribution >= 0.6 is 0 Å². The van der Waals surface area contributed by atoms with Gasteiger partial charge in [0.2, 0.25) is 20.0 Å². The SMILES string of the molecule is [CH2]C(CS(=O)(=O)NC)S(=O)(=O)NC. The van der Waals surface area contributed by atoms with Crippen LogP contribution in [0, 0.1) is 6.92 Å². The lowest BCUT2D eigenvalue weighted by molar-refractivity contribution is 0.572. The first-order valence-electron chi connectivity index (χ1n) is 3.42. The molecular formula is C5H13N2O4S2. The van der Waals surface area contributed by atoms with E-state index in [1.165, 1.54) is 14.1 Å². The molecule has 0 spiro atoms. The van der Waals surface area contributed by atoms with Crippen molar-refractivity contribution in [2.45, 2.75) is 5.25 Å².